The van der Waals surface area contributed by atoms with Crippen LogP contribution in [-0.2, 0) is 19.1 Å². The molecule has 0 saturated heterocycles. The van der Waals surface area contributed by atoms with Gasteiger partial charge in [-0.3, -0.25) is 4.18 Å². The maximum atomic E-state index is 11.2. The van der Waals surface area contributed by atoms with E-state index < -0.39 is 27.0 Å². The number of rotatable bonds is 4. The lowest BCUT2D eigenvalue weighted by molar-refractivity contribution is -0.134. The lowest BCUT2D eigenvalue weighted by Crippen LogP contribution is -2.57. The Kier molecular flexibility index (Phi) is 4.00. The summed E-state index contributed by atoms with van der Waals surface area (Å²) in [6.07, 6.45) is 2.46. The minimum atomic E-state index is -3.60. The number of aliphatic carboxylic acids is 1. The van der Waals surface area contributed by atoms with Crippen molar-refractivity contribution in [1.82, 2.24) is 10.4 Å². The van der Waals surface area contributed by atoms with Gasteiger partial charge in [0.2, 0.25) is 0 Å². The monoisotopic (exact) mass is 292 g/mol. The van der Waals surface area contributed by atoms with E-state index in [-0.39, 0.29) is 12.3 Å². The molecule has 0 aromatic rings. The molecule has 0 aromatic heterocycles. The van der Waals surface area contributed by atoms with Crippen LogP contribution in [0.15, 0.2) is 11.8 Å². The zero-order valence-corrected chi connectivity index (χ0v) is 12.5. The Morgan fingerprint density at radius 3 is 2.37 bits per heavy atom. The van der Waals surface area contributed by atoms with Gasteiger partial charge in [-0.05, 0) is 11.5 Å². The molecule has 1 heterocycles. The van der Waals surface area contributed by atoms with Crippen LogP contribution in [0.1, 0.15) is 20.8 Å². The van der Waals surface area contributed by atoms with Crippen LogP contribution in [-0.4, -0.2) is 50.0 Å². The molecular weight excluding hydrogens is 272 g/mol. The highest BCUT2D eigenvalue weighted by atomic mass is 32.2. The molecule has 8 heteroatoms. The Hall–Kier alpha value is -1.12. The summed E-state index contributed by atoms with van der Waals surface area (Å²) in [5, 5.41) is 10.5. The largest absolute Gasteiger partial charge is 0.477 e. The third-order valence-electron chi connectivity index (χ3n) is 3.17. The van der Waals surface area contributed by atoms with Crippen LogP contribution >= 0.6 is 0 Å². The number of hydrogen-bond acceptors (Lipinski definition) is 6. The summed E-state index contributed by atoms with van der Waals surface area (Å²) in [5.41, 5.74) is 1.70. The average Bonchev–Trinajstić information content (AvgIpc) is 2.52. The van der Waals surface area contributed by atoms with Gasteiger partial charge in [0.05, 0.1) is 18.4 Å². The van der Waals surface area contributed by atoms with Crippen LogP contribution in [0.3, 0.4) is 0 Å². The first-order chi connectivity index (χ1) is 8.38. The van der Waals surface area contributed by atoms with Gasteiger partial charge in [-0.15, -0.1) is 0 Å². The molecule has 1 rings (SSSR count). The smallest absolute Gasteiger partial charge is 0.353 e. The van der Waals surface area contributed by atoms with Gasteiger partial charge >= 0.3 is 5.97 Å². The third-order valence-corrected chi connectivity index (χ3v) is 3.72. The van der Waals surface area contributed by atoms with E-state index in [1.807, 2.05) is 20.8 Å². The number of carboxylic acids is 1. The van der Waals surface area contributed by atoms with Crippen LogP contribution in [0.25, 0.3) is 0 Å². The van der Waals surface area contributed by atoms with E-state index in [1.54, 1.807) is 7.05 Å². The minimum absolute atomic E-state index is 0.0621. The van der Waals surface area contributed by atoms with Crippen LogP contribution in [0.4, 0.5) is 0 Å². The Morgan fingerprint density at radius 2 is 2.05 bits per heavy atom. The van der Waals surface area contributed by atoms with Gasteiger partial charge in [0.25, 0.3) is 10.1 Å². The summed E-state index contributed by atoms with van der Waals surface area (Å²) in [6, 6.07) is 0. The fourth-order valence-corrected chi connectivity index (χ4v) is 2.20. The summed E-state index contributed by atoms with van der Waals surface area (Å²) in [5.74, 6) is -1.08. The predicted molar refractivity (Wildman–Crippen MR) is 69.6 cm³/mol. The first kappa shape index (κ1) is 15.9. The molecule has 0 amide bonds. The van der Waals surface area contributed by atoms with Crippen LogP contribution in [0.2, 0.25) is 0 Å². The van der Waals surface area contributed by atoms with E-state index in [4.69, 9.17) is 9.29 Å². The standard InChI is InChI=1S/C11H20N2O5S/c1-10(2,3)11(7-18-19(5,16)17)6-8(9(14)15)13(4)12-11/h6,12H,7H2,1-5H3,(H,14,15). The molecule has 0 aliphatic carbocycles. The van der Waals surface area contributed by atoms with Crippen molar-refractivity contribution in [3.8, 4) is 0 Å². The van der Waals surface area contributed by atoms with E-state index in [9.17, 15) is 13.2 Å². The van der Waals surface area contributed by atoms with Gasteiger partial charge in [0, 0.05) is 7.05 Å². The maximum absolute atomic E-state index is 11.2. The first-order valence-electron chi connectivity index (χ1n) is 5.70. The van der Waals surface area contributed by atoms with Gasteiger partial charge < -0.3 is 10.1 Å². The highest BCUT2D eigenvalue weighted by Crippen LogP contribution is 2.37. The van der Waals surface area contributed by atoms with Gasteiger partial charge in [-0.1, -0.05) is 20.8 Å². The second kappa shape index (κ2) is 4.77. The van der Waals surface area contributed by atoms with Crippen LogP contribution < -0.4 is 5.43 Å². The van der Waals surface area contributed by atoms with E-state index in [0.29, 0.717) is 0 Å². The molecule has 7 nitrogen and oxygen atoms in total. The molecule has 0 saturated carbocycles. The molecule has 1 aliphatic heterocycles. The van der Waals surface area contributed by atoms with E-state index in [2.05, 4.69) is 5.43 Å². The number of hydrogen-bond donors (Lipinski definition) is 2. The molecule has 0 bridgehead atoms. The lowest BCUT2D eigenvalue weighted by Gasteiger charge is -2.40. The van der Waals surface area contributed by atoms with Gasteiger partial charge in [0.1, 0.15) is 5.70 Å². The highest BCUT2D eigenvalue weighted by Gasteiger charge is 2.47. The molecular formula is C11H20N2O5S. The summed E-state index contributed by atoms with van der Waals surface area (Å²) in [7, 11) is -2.04. The van der Waals surface area contributed by atoms with Crippen LogP contribution in [0, 0.1) is 5.41 Å². The molecule has 0 spiro atoms. The third kappa shape index (κ3) is 3.46. The fraction of sp³-hybridized carbons (Fsp3) is 0.727. The van der Waals surface area contributed by atoms with Crippen molar-refractivity contribution in [2.75, 3.05) is 19.9 Å². The second-order valence-electron chi connectivity index (χ2n) is 5.69. The summed E-state index contributed by atoms with van der Waals surface area (Å²) in [4.78, 5) is 11.1. The molecule has 0 fully saturated rings. The predicted octanol–water partition coefficient (Wildman–Crippen LogP) is 0.166. The average molecular weight is 292 g/mol. The molecule has 1 aliphatic rings. The van der Waals surface area contributed by atoms with Crippen molar-refractivity contribution in [3.63, 3.8) is 0 Å². The van der Waals surface area contributed by atoms with Gasteiger partial charge in [-0.25, -0.2) is 10.2 Å². The summed E-state index contributed by atoms with van der Waals surface area (Å²) >= 11 is 0. The number of likely N-dealkylation sites (N-methyl/N-ethyl adjacent to an activating group) is 1. The zero-order valence-electron chi connectivity index (χ0n) is 11.7. The SMILES string of the molecule is CN1NC(COS(C)(=O)=O)(C(C)(C)C)C=C1C(=O)O. The second-order valence-corrected chi connectivity index (χ2v) is 7.34. The lowest BCUT2D eigenvalue weighted by atomic mass is 9.74. The fourth-order valence-electron chi connectivity index (χ4n) is 1.80. The topological polar surface area (TPSA) is 95.9 Å². The van der Waals surface area contributed by atoms with E-state index in [1.165, 1.54) is 11.1 Å². The minimum Gasteiger partial charge on any atom is -0.477 e. The Morgan fingerprint density at radius 1 is 1.53 bits per heavy atom. The normalized spacial score (nSPS) is 24.5. The van der Waals surface area contributed by atoms with Crippen molar-refractivity contribution in [1.29, 1.82) is 0 Å². The van der Waals surface area contributed by atoms with Gasteiger partial charge in [0.15, 0.2) is 0 Å². The number of carbonyl (C=O) groups is 1. The Labute approximate surface area is 113 Å². The number of nitrogens with zero attached hydrogens (tertiary/aromatic N) is 1. The molecule has 1 atom stereocenters. The maximum Gasteiger partial charge on any atom is 0.353 e. The quantitative estimate of drug-likeness (QED) is 0.713. The Balaban J connectivity index is 3.15. The first-order valence-corrected chi connectivity index (χ1v) is 7.52. The molecule has 0 aromatic carbocycles. The van der Waals surface area contributed by atoms with Gasteiger partial charge in [-0.2, -0.15) is 8.42 Å². The van der Waals surface area contributed by atoms with E-state index in [0.717, 1.165) is 6.26 Å². The molecule has 2 N–H and O–H groups in total. The number of nitrogens with one attached hydrogen (secondary N) is 1. The van der Waals surface area contributed by atoms with Crippen molar-refractivity contribution in [2.45, 2.75) is 26.3 Å². The summed E-state index contributed by atoms with van der Waals surface area (Å²) in [6.45, 7) is 5.46. The van der Waals surface area contributed by atoms with Crippen molar-refractivity contribution >= 4 is 16.1 Å². The highest BCUT2D eigenvalue weighted by molar-refractivity contribution is 7.85. The zero-order chi connectivity index (χ0) is 15.1. The number of hydrazine groups is 1. The molecule has 110 valence electrons. The number of carboxylic acid groups (broad SMARTS) is 1. The molecule has 0 radical (unpaired) electrons. The van der Waals surface area contributed by atoms with Crippen LogP contribution in [0.5, 0.6) is 0 Å². The molecule has 19 heavy (non-hydrogen) atoms. The van der Waals surface area contributed by atoms with Crippen molar-refractivity contribution in [3.05, 3.63) is 11.8 Å². The van der Waals surface area contributed by atoms with E-state index >= 15 is 0 Å². The van der Waals surface area contributed by atoms with Crippen molar-refractivity contribution < 1.29 is 22.5 Å². The van der Waals surface area contributed by atoms with Crippen molar-refractivity contribution in [2.24, 2.45) is 5.41 Å². The summed E-state index contributed by atoms with van der Waals surface area (Å²) < 4.78 is 27.2. The molecule has 1 unspecified atom stereocenters. The Bertz CT molecular complexity index is 506.